The van der Waals surface area contributed by atoms with E-state index < -0.39 is 0 Å². The van der Waals surface area contributed by atoms with Gasteiger partial charge >= 0.3 is 0 Å². The molecule has 8 heteroatoms. The molecule has 0 aliphatic heterocycles. The van der Waals surface area contributed by atoms with Crippen LogP contribution in [0.2, 0.25) is 0 Å². The van der Waals surface area contributed by atoms with Gasteiger partial charge in [0.25, 0.3) is 0 Å². The Morgan fingerprint density at radius 3 is 2.57 bits per heavy atom. The summed E-state index contributed by atoms with van der Waals surface area (Å²) < 4.78 is 17.9. The van der Waals surface area contributed by atoms with Gasteiger partial charge in [-0.05, 0) is 43.7 Å². The molecule has 0 unspecified atom stereocenters. The van der Waals surface area contributed by atoms with Crippen LogP contribution in [0.15, 0.2) is 48.7 Å². The minimum Gasteiger partial charge on any atom is -0.493 e. The van der Waals surface area contributed by atoms with E-state index in [2.05, 4.69) is 15.6 Å². The number of amides is 1. The van der Waals surface area contributed by atoms with Crippen molar-refractivity contribution in [2.45, 2.75) is 33.0 Å². The Labute approximate surface area is 175 Å². The van der Waals surface area contributed by atoms with E-state index >= 15 is 0 Å². The lowest BCUT2D eigenvalue weighted by Crippen LogP contribution is -2.27. The average Bonchev–Trinajstić information content (AvgIpc) is 3.20. The van der Waals surface area contributed by atoms with Gasteiger partial charge in [-0.1, -0.05) is 23.4 Å². The molecule has 0 saturated heterocycles. The highest BCUT2D eigenvalue weighted by atomic mass is 16.5. The number of carbonyl (C=O) groups is 1. The maximum absolute atomic E-state index is 12.3. The van der Waals surface area contributed by atoms with E-state index in [1.54, 1.807) is 26.5 Å². The molecule has 0 atom stereocenters. The lowest BCUT2D eigenvalue weighted by atomic mass is 10.1. The summed E-state index contributed by atoms with van der Waals surface area (Å²) in [5.41, 5.74) is 2.39. The van der Waals surface area contributed by atoms with E-state index in [-0.39, 0.29) is 18.6 Å². The third-order valence-electron chi connectivity index (χ3n) is 4.31. The summed E-state index contributed by atoms with van der Waals surface area (Å²) in [5, 5.41) is 11.1. The van der Waals surface area contributed by atoms with Crippen molar-refractivity contribution in [2.24, 2.45) is 0 Å². The molecule has 0 aliphatic rings. The maximum atomic E-state index is 12.3. The molecule has 0 bridgehead atoms. The zero-order chi connectivity index (χ0) is 21.5. The van der Waals surface area contributed by atoms with Crippen LogP contribution in [-0.4, -0.2) is 41.2 Å². The fourth-order valence-corrected chi connectivity index (χ4v) is 2.93. The Morgan fingerprint density at radius 1 is 1.07 bits per heavy atom. The number of ether oxygens (including phenoxy) is 3. The molecule has 1 amide bonds. The van der Waals surface area contributed by atoms with Crippen LogP contribution in [0.5, 0.6) is 17.2 Å². The topological polar surface area (TPSA) is 87.5 Å². The molecular weight excluding hydrogens is 384 g/mol. The summed E-state index contributed by atoms with van der Waals surface area (Å²) >= 11 is 0. The van der Waals surface area contributed by atoms with Crippen molar-refractivity contribution >= 4 is 5.91 Å². The standard InChI is InChI=1S/C22H26N4O4/c1-15(2)30-19-8-6-5-7-17(19)18-13-26(25-24-18)14-22(27)23-12-16-9-10-20(28-3)21(11-16)29-4/h5-11,13,15H,12,14H2,1-4H3,(H,23,27). The number of hydrogen-bond donors (Lipinski definition) is 1. The second-order valence-electron chi connectivity index (χ2n) is 6.93. The SMILES string of the molecule is COc1ccc(CNC(=O)Cn2cc(-c3ccccc3OC(C)C)nn2)cc1OC. The van der Waals surface area contributed by atoms with Gasteiger partial charge in [0, 0.05) is 12.1 Å². The molecular formula is C22H26N4O4. The second kappa shape index (κ2) is 9.78. The first kappa shape index (κ1) is 21.2. The van der Waals surface area contributed by atoms with Crippen LogP contribution >= 0.6 is 0 Å². The highest BCUT2D eigenvalue weighted by Crippen LogP contribution is 2.29. The van der Waals surface area contributed by atoms with Crippen LogP contribution in [0, 0.1) is 0 Å². The van der Waals surface area contributed by atoms with E-state index in [4.69, 9.17) is 14.2 Å². The van der Waals surface area contributed by atoms with E-state index in [1.165, 1.54) is 4.68 Å². The fourth-order valence-electron chi connectivity index (χ4n) is 2.93. The van der Waals surface area contributed by atoms with Gasteiger partial charge in [-0.2, -0.15) is 0 Å². The molecule has 1 heterocycles. The van der Waals surface area contributed by atoms with Gasteiger partial charge in [0.1, 0.15) is 18.0 Å². The molecule has 1 aromatic heterocycles. The van der Waals surface area contributed by atoms with Gasteiger partial charge in [-0.25, -0.2) is 4.68 Å². The minimum absolute atomic E-state index is 0.0450. The Bertz CT molecular complexity index is 1000. The smallest absolute Gasteiger partial charge is 0.242 e. The highest BCUT2D eigenvalue weighted by Gasteiger charge is 2.13. The number of carbonyl (C=O) groups excluding carboxylic acids is 1. The molecule has 3 rings (SSSR count). The van der Waals surface area contributed by atoms with Crippen LogP contribution < -0.4 is 19.5 Å². The predicted octanol–water partition coefficient (Wildman–Crippen LogP) is 3.07. The summed E-state index contributed by atoms with van der Waals surface area (Å²) in [6.45, 7) is 4.37. The highest BCUT2D eigenvalue weighted by molar-refractivity contribution is 5.76. The molecule has 8 nitrogen and oxygen atoms in total. The van der Waals surface area contributed by atoms with Gasteiger partial charge in [0.2, 0.25) is 5.91 Å². The first-order valence-corrected chi connectivity index (χ1v) is 9.64. The van der Waals surface area contributed by atoms with Gasteiger partial charge in [-0.3, -0.25) is 4.79 Å². The summed E-state index contributed by atoms with van der Waals surface area (Å²) in [6.07, 6.45) is 1.78. The third-order valence-corrected chi connectivity index (χ3v) is 4.31. The second-order valence-corrected chi connectivity index (χ2v) is 6.93. The number of aromatic nitrogens is 3. The number of nitrogens with one attached hydrogen (secondary N) is 1. The lowest BCUT2D eigenvalue weighted by Gasteiger charge is -2.12. The van der Waals surface area contributed by atoms with Crippen molar-refractivity contribution in [3.05, 3.63) is 54.2 Å². The molecule has 0 fully saturated rings. The third kappa shape index (κ3) is 5.28. The van der Waals surface area contributed by atoms with E-state index in [0.717, 1.165) is 16.9 Å². The zero-order valence-corrected chi connectivity index (χ0v) is 17.6. The van der Waals surface area contributed by atoms with Crippen LogP contribution in [0.25, 0.3) is 11.3 Å². The van der Waals surface area contributed by atoms with Crippen molar-refractivity contribution in [2.75, 3.05) is 14.2 Å². The number of benzene rings is 2. The van der Waals surface area contributed by atoms with Crippen molar-refractivity contribution in [1.82, 2.24) is 20.3 Å². The number of rotatable bonds is 9. The summed E-state index contributed by atoms with van der Waals surface area (Å²) in [5.74, 6) is 1.82. The number of hydrogen-bond acceptors (Lipinski definition) is 6. The lowest BCUT2D eigenvalue weighted by molar-refractivity contribution is -0.122. The van der Waals surface area contributed by atoms with Gasteiger partial charge in [-0.15, -0.1) is 5.10 Å². The number of methoxy groups -OCH3 is 2. The maximum Gasteiger partial charge on any atom is 0.242 e. The molecule has 0 aliphatic carbocycles. The van der Waals surface area contributed by atoms with Crippen molar-refractivity contribution in [3.8, 4) is 28.5 Å². The first-order valence-electron chi connectivity index (χ1n) is 9.64. The Hall–Kier alpha value is -3.55. The van der Waals surface area contributed by atoms with E-state index in [0.29, 0.717) is 23.7 Å². The van der Waals surface area contributed by atoms with E-state index in [1.807, 2.05) is 50.2 Å². The monoisotopic (exact) mass is 410 g/mol. The molecule has 0 spiro atoms. The van der Waals surface area contributed by atoms with Gasteiger partial charge in [0.05, 0.1) is 26.5 Å². The van der Waals surface area contributed by atoms with Crippen LogP contribution in [0.4, 0.5) is 0 Å². The number of nitrogens with zero attached hydrogens (tertiary/aromatic N) is 3. The van der Waals surface area contributed by atoms with Gasteiger partial charge < -0.3 is 19.5 Å². The van der Waals surface area contributed by atoms with Gasteiger partial charge in [0.15, 0.2) is 11.5 Å². The zero-order valence-electron chi connectivity index (χ0n) is 17.6. The molecule has 0 saturated carbocycles. The van der Waals surface area contributed by atoms with Crippen LogP contribution in [0.3, 0.4) is 0 Å². The van der Waals surface area contributed by atoms with E-state index in [9.17, 15) is 4.79 Å². The summed E-state index contributed by atoms with van der Waals surface area (Å²) in [4.78, 5) is 12.3. The normalized spacial score (nSPS) is 10.7. The number of para-hydroxylation sites is 1. The summed E-state index contributed by atoms with van der Waals surface area (Å²) in [7, 11) is 3.16. The summed E-state index contributed by atoms with van der Waals surface area (Å²) in [6, 6.07) is 13.2. The predicted molar refractivity (Wildman–Crippen MR) is 113 cm³/mol. The van der Waals surface area contributed by atoms with Crippen molar-refractivity contribution < 1.29 is 19.0 Å². The Balaban J connectivity index is 1.62. The molecule has 1 N–H and O–H groups in total. The fraction of sp³-hybridized carbons (Fsp3) is 0.318. The Morgan fingerprint density at radius 2 is 1.83 bits per heavy atom. The van der Waals surface area contributed by atoms with Crippen LogP contribution in [0.1, 0.15) is 19.4 Å². The largest absolute Gasteiger partial charge is 0.493 e. The molecule has 30 heavy (non-hydrogen) atoms. The van der Waals surface area contributed by atoms with Crippen molar-refractivity contribution in [1.29, 1.82) is 0 Å². The first-order chi connectivity index (χ1) is 14.5. The minimum atomic E-state index is -0.173. The average molecular weight is 410 g/mol. The van der Waals surface area contributed by atoms with Crippen molar-refractivity contribution in [3.63, 3.8) is 0 Å². The van der Waals surface area contributed by atoms with Crippen LogP contribution in [-0.2, 0) is 17.9 Å². The molecule has 3 aromatic rings. The molecule has 158 valence electrons. The molecule has 2 aromatic carbocycles. The Kier molecular flexibility index (Phi) is 6.90. The molecule has 0 radical (unpaired) electrons. The quantitative estimate of drug-likeness (QED) is 0.583.